The molecular weight excluding hydrogens is 338 g/mol. The number of carbonyl (C=O) groups is 2. The fourth-order valence-electron chi connectivity index (χ4n) is 2.18. The van der Waals surface area contributed by atoms with E-state index in [1.165, 1.54) is 0 Å². The number of carbonyl (C=O) groups excluding carboxylic acids is 2. The van der Waals surface area contributed by atoms with Crippen LogP contribution in [0.1, 0.15) is 25.0 Å². The lowest BCUT2D eigenvalue weighted by atomic mass is 10.0. The first-order chi connectivity index (χ1) is 12.0. The van der Waals surface area contributed by atoms with Crippen molar-refractivity contribution in [2.24, 2.45) is 0 Å². The molecule has 0 spiro atoms. The monoisotopic (exact) mass is 357 g/mol. The molecule has 2 aromatic carbocycles. The number of hydrogen-bond acceptors (Lipinski definition) is 3. The summed E-state index contributed by atoms with van der Waals surface area (Å²) in [7, 11) is 0. The average molecular weight is 358 g/mol. The highest BCUT2D eigenvalue weighted by Crippen LogP contribution is 2.22. The summed E-state index contributed by atoms with van der Waals surface area (Å²) in [6.45, 7) is 3.36. The van der Waals surface area contributed by atoms with Crippen molar-refractivity contribution in [1.29, 1.82) is 0 Å². The number of esters is 1. The van der Waals surface area contributed by atoms with Crippen molar-refractivity contribution in [2.45, 2.75) is 19.9 Å². The summed E-state index contributed by atoms with van der Waals surface area (Å²) in [6, 6.07) is 16.3. The molecule has 0 aliphatic carbocycles. The molecule has 0 aromatic heterocycles. The maximum absolute atomic E-state index is 12.5. The summed E-state index contributed by atoms with van der Waals surface area (Å²) in [6.07, 6.45) is 1.73. The zero-order chi connectivity index (χ0) is 18.2. The van der Waals surface area contributed by atoms with Crippen LogP contribution in [0.5, 0.6) is 0 Å². The highest BCUT2D eigenvalue weighted by Gasteiger charge is 2.16. The Labute approximate surface area is 152 Å². The van der Waals surface area contributed by atoms with E-state index in [1.54, 1.807) is 30.3 Å². The summed E-state index contributed by atoms with van der Waals surface area (Å²) in [5.41, 5.74) is 1.89. The van der Waals surface area contributed by atoms with Crippen molar-refractivity contribution in [3.8, 4) is 0 Å². The highest BCUT2D eigenvalue weighted by molar-refractivity contribution is 6.30. The fourth-order valence-corrected chi connectivity index (χ4v) is 2.30. The van der Waals surface area contributed by atoms with Gasteiger partial charge in [-0.05, 0) is 43.2 Å². The van der Waals surface area contributed by atoms with Crippen LogP contribution in [0.2, 0.25) is 5.02 Å². The van der Waals surface area contributed by atoms with E-state index in [0.29, 0.717) is 16.2 Å². The van der Waals surface area contributed by atoms with Gasteiger partial charge >= 0.3 is 5.97 Å². The Balaban J connectivity index is 2.22. The van der Waals surface area contributed by atoms with Gasteiger partial charge in [-0.25, -0.2) is 4.79 Å². The van der Waals surface area contributed by atoms with Crippen LogP contribution >= 0.6 is 11.6 Å². The van der Waals surface area contributed by atoms with Gasteiger partial charge in [0.15, 0.2) is 6.61 Å². The Hall–Kier alpha value is -2.59. The summed E-state index contributed by atoms with van der Waals surface area (Å²) in [5.74, 6) is -0.899. The number of nitrogens with one attached hydrogen (secondary N) is 1. The molecule has 130 valence electrons. The van der Waals surface area contributed by atoms with Crippen molar-refractivity contribution < 1.29 is 14.3 Å². The number of amides is 1. The molecule has 5 heteroatoms. The molecular formula is C20H20ClNO3. The molecule has 0 radical (unpaired) electrons. The highest BCUT2D eigenvalue weighted by atomic mass is 35.5. The zero-order valence-electron chi connectivity index (χ0n) is 14.2. The van der Waals surface area contributed by atoms with E-state index in [0.717, 1.165) is 5.56 Å². The van der Waals surface area contributed by atoms with E-state index in [2.05, 4.69) is 5.32 Å². The Bertz CT molecular complexity index is 752. The molecule has 0 heterocycles. The predicted octanol–water partition coefficient (Wildman–Crippen LogP) is 3.95. The predicted molar refractivity (Wildman–Crippen MR) is 100 cm³/mol. The Morgan fingerprint density at radius 2 is 1.72 bits per heavy atom. The van der Waals surface area contributed by atoms with Crippen molar-refractivity contribution in [2.75, 3.05) is 6.61 Å². The van der Waals surface area contributed by atoms with Gasteiger partial charge in [0.2, 0.25) is 0 Å². The molecule has 0 aliphatic heterocycles. The molecule has 1 amide bonds. The molecule has 0 aliphatic rings. The van der Waals surface area contributed by atoms with E-state index >= 15 is 0 Å². The number of halogens is 1. The minimum Gasteiger partial charge on any atom is -0.452 e. The van der Waals surface area contributed by atoms with Gasteiger partial charge in [0.1, 0.15) is 0 Å². The van der Waals surface area contributed by atoms with Gasteiger partial charge in [0, 0.05) is 11.1 Å². The number of rotatable bonds is 6. The smallest absolute Gasteiger partial charge is 0.339 e. The van der Waals surface area contributed by atoms with Crippen LogP contribution in [0, 0.1) is 0 Å². The van der Waals surface area contributed by atoms with Crippen molar-refractivity contribution in [1.82, 2.24) is 5.32 Å². The van der Waals surface area contributed by atoms with E-state index in [-0.39, 0.29) is 18.6 Å². The van der Waals surface area contributed by atoms with E-state index in [9.17, 15) is 9.59 Å². The van der Waals surface area contributed by atoms with Crippen LogP contribution < -0.4 is 5.32 Å². The molecule has 0 atom stereocenters. The van der Waals surface area contributed by atoms with E-state index in [1.807, 2.05) is 44.2 Å². The third kappa shape index (κ3) is 6.08. The van der Waals surface area contributed by atoms with Gasteiger partial charge in [-0.1, -0.05) is 54.1 Å². The van der Waals surface area contributed by atoms with Gasteiger partial charge < -0.3 is 10.1 Å². The van der Waals surface area contributed by atoms with Gasteiger partial charge in [-0.3, -0.25) is 4.79 Å². The molecule has 0 saturated heterocycles. The second-order valence-corrected chi connectivity index (χ2v) is 6.21. The zero-order valence-corrected chi connectivity index (χ0v) is 14.9. The standard InChI is InChI=1S/C20H20ClNO3/c1-14(2)22-19(23)13-25-20(24)18(12-15-6-4-3-5-7-15)16-8-10-17(21)11-9-16/h3-12,14H,13H2,1-2H3,(H,22,23)/b18-12+. The normalized spacial score (nSPS) is 11.3. The fraction of sp³-hybridized carbons (Fsp3) is 0.200. The minimum absolute atomic E-state index is 0.0122. The number of hydrogen-bond donors (Lipinski definition) is 1. The molecule has 0 unspecified atom stereocenters. The van der Waals surface area contributed by atoms with Crippen LogP contribution in [0.3, 0.4) is 0 Å². The Morgan fingerprint density at radius 1 is 1.08 bits per heavy atom. The van der Waals surface area contributed by atoms with Crippen LogP contribution in [0.25, 0.3) is 11.6 Å². The molecule has 1 N–H and O–H groups in total. The lowest BCUT2D eigenvalue weighted by Crippen LogP contribution is -2.34. The third-order valence-electron chi connectivity index (χ3n) is 3.27. The maximum atomic E-state index is 12.5. The molecule has 0 fully saturated rings. The first-order valence-electron chi connectivity index (χ1n) is 7.95. The van der Waals surface area contributed by atoms with Crippen LogP contribution in [-0.2, 0) is 14.3 Å². The van der Waals surface area contributed by atoms with Crippen LogP contribution in [0.4, 0.5) is 0 Å². The Kier molecular flexibility index (Phi) is 6.78. The lowest BCUT2D eigenvalue weighted by Gasteiger charge is -2.11. The van der Waals surface area contributed by atoms with Crippen molar-refractivity contribution in [3.63, 3.8) is 0 Å². The number of ether oxygens (including phenoxy) is 1. The van der Waals surface area contributed by atoms with E-state index < -0.39 is 5.97 Å². The molecule has 4 nitrogen and oxygen atoms in total. The lowest BCUT2D eigenvalue weighted by molar-refractivity contribution is -0.143. The van der Waals surface area contributed by atoms with Gasteiger partial charge in [-0.15, -0.1) is 0 Å². The quantitative estimate of drug-likeness (QED) is 0.484. The molecule has 0 saturated carbocycles. The number of benzene rings is 2. The maximum Gasteiger partial charge on any atom is 0.339 e. The molecule has 2 aromatic rings. The molecule has 0 bridgehead atoms. The van der Waals surface area contributed by atoms with Crippen LogP contribution in [-0.4, -0.2) is 24.5 Å². The summed E-state index contributed by atoms with van der Waals surface area (Å²) in [5, 5.41) is 3.26. The van der Waals surface area contributed by atoms with Crippen molar-refractivity contribution in [3.05, 3.63) is 70.7 Å². The second-order valence-electron chi connectivity index (χ2n) is 5.77. The van der Waals surface area contributed by atoms with Gasteiger partial charge in [-0.2, -0.15) is 0 Å². The van der Waals surface area contributed by atoms with Crippen molar-refractivity contribution >= 4 is 35.1 Å². The average Bonchev–Trinajstić information content (AvgIpc) is 2.59. The largest absolute Gasteiger partial charge is 0.452 e. The first-order valence-corrected chi connectivity index (χ1v) is 8.32. The second kappa shape index (κ2) is 9.04. The van der Waals surface area contributed by atoms with Crippen LogP contribution in [0.15, 0.2) is 54.6 Å². The topological polar surface area (TPSA) is 55.4 Å². The third-order valence-corrected chi connectivity index (χ3v) is 3.52. The molecule has 2 rings (SSSR count). The minimum atomic E-state index is -0.565. The summed E-state index contributed by atoms with van der Waals surface area (Å²) >= 11 is 5.92. The summed E-state index contributed by atoms with van der Waals surface area (Å²) < 4.78 is 5.17. The summed E-state index contributed by atoms with van der Waals surface area (Å²) in [4.78, 5) is 24.2. The SMILES string of the molecule is CC(C)NC(=O)COC(=O)/C(=C/c1ccccc1)c1ccc(Cl)cc1. The molecule has 25 heavy (non-hydrogen) atoms. The van der Waals surface area contributed by atoms with Gasteiger partial charge in [0.05, 0.1) is 5.57 Å². The first kappa shape index (κ1) is 18.7. The van der Waals surface area contributed by atoms with E-state index in [4.69, 9.17) is 16.3 Å². The Morgan fingerprint density at radius 3 is 2.32 bits per heavy atom. The van der Waals surface area contributed by atoms with Gasteiger partial charge in [0.25, 0.3) is 5.91 Å².